The summed E-state index contributed by atoms with van der Waals surface area (Å²) in [5, 5.41) is -0.135. The van der Waals surface area contributed by atoms with Gasteiger partial charge in [0, 0.05) is 0 Å². The number of hydrogen-bond donors (Lipinski definition) is 0. The summed E-state index contributed by atoms with van der Waals surface area (Å²) in [6, 6.07) is 16.7. The Balaban J connectivity index is 2.69. The van der Waals surface area contributed by atoms with Gasteiger partial charge in [-0.1, -0.05) is 36.4 Å². The summed E-state index contributed by atoms with van der Waals surface area (Å²) in [5.74, 6) is -0.152. The van der Waals surface area contributed by atoms with Crippen molar-refractivity contribution in [3.63, 3.8) is 0 Å². The zero-order chi connectivity index (χ0) is 30.9. The largest absolute Gasteiger partial charge is 0.498 e. The van der Waals surface area contributed by atoms with E-state index in [1.54, 1.807) is 0 Å². The highest BCUT2D eigenvalue weighted by atomic mass is 32.3. The average Bonchev–Trinajstić information content (AvgIpc) is 2.92. The van der Waals surface area contributed by atoms with Gasteiger partial charge in [-0.3, -0.25) is 0 Å². The third-order valence-electron chi connectivity index (χ3n) is 6.25. The van der Waals surface area contributed by atoms with Crippen molar-refractivity contribution in [1.82, 2.24) is 0 Å². The molecule has 3 aromatic rings. The van der Waals surface area contributed by atoms with Gasteiger partial charge in [-0.25, -0.2) is 16.8 Å². The normalized spacial score (nSPS) is 13.2. The number of ether oxygens (including phenoxy) is 3. The summed E-state index contributed by atoms with van der Waals surface area (Å²) in [7, 11) is -14.7. The van der Waals surface area contributed by atoms with Crippen molar-refractivity contribution in [2.24, 2.45) is 0 Å². The van der Waals surface area contributed by atoms with Crippen LogP contribution in [-0.4, -0.2) is 59.9 Å². The molecule has 7 nitrogen and oxygen atoms in total. The molecule has 41 heavy (non-hydrogen) atoms. The van der Waals surface area contributed by atoms with Gasteiger partial charge in [-0.05, 0) is 36.4 Å². The molecule has 0 heterocycles. The fourth-order valence-corrected chi connectivity index (χ4v) is 14.4. The molecule has 0 spiro atoms. The second-order valence-electron chi connectivity index (χ2n) is 8.42. The molecule has 224 valence electrons. The molecule has 0 aliphatic heterocycles. The molecule has 0 aliphatic rings. The van der Waals surface area contributed by atoms with Gasteiger partial charge >= 0.3 is 11.0 Å². The van der Waals surface area contributed by atoms with E-state index in [-0.39, 0.29) is 33.2 Å². The Bertz CT molecular complexity index is 1450. The van der Waals surface area contributed by atoms with Gasteiger partial charge in [0.05, 0.1) is 21.3 Å². The number of hydrogen-bond acceptors (Lipinski definition) is 7. The lowest BCUT2D eigenvalue weighted by molar-refractivity contribution is -0.0468. The maximum atomic E-state index is 13.9. The van der Waals surface area contributed by atoms with Crippen LogP contribution in [0.4, 0.5) is 26.3 Å². The molecule has 0 bridgehead atoms. The van der Waals surface area contributed by atoms with E-state index in [0.717, 1.165) is 0 Å². The second kappa shape index (κ2) is 11.7. The van der Waals surface area contributed by atoms with Crippen molar-refractivity contribution in [3.8, 4) is 17.2 Å². The fraction of sp³-hybridized carbons (Fsp3) is 0.280. The summed E-state index contributed by atoms with van der Waals surface area (Å²) in [6.07, 6.45) is -1.68. The lowest BCUT2D eigenvalue weighted by Gasteiger charge is -2.33. The van der Waals surface area contributed by atoms with Crippen LogP contribution in [0.15, 0.2) is 72.8 Å². The number of alkyl halides is 6. The first-order chi connectivity index (χ1) is 19.0. The predicted octanol–water partition coefficient (Wildman–Crippen LogP) is 4.20. The average molecular weight is 646 g/mol. The SMILES string of the molecule is COc1ccccc1[P+](CC(S(=O)(=O)C(F)(F)F)S(=O)(=O)C(F)(F)F)(c1ccccc1OC)c1ccccc1OC. The Labute approximate surface area is 233 Å². The van der Waals surface area contributed by atoms with Crippen LogP contribution in [0.1, 0.15) is 0 Å². The van der Waals surface area contributed by atoms with Crippen LogP contribution in [0.25, 0.3) is 0 Å². The van der Waals surface area contributed by atoms with Gasteiger partial charge in [0.25, 0.3) is 19.7 Å². The van der Waals surface area contributed by atoms with Gasteiger partial charge in [0.2, 0.25) is 4.58 Å². The predicted molar refractivity (Wildman–Crippen MR) is 143 cm³/mol. The van der Waals surface area contributed by atoms with Crippen molar-refractivity contribution in [3.05, 3.63) is 72.8 Å². The van der Waals surface area contributed by atoms with E-state index < -0.39 is 48.7 Å². The van der Waals surface area contributed by atoms with E-state index in [1.807, 2.05) is 0 Å². The minimum Gasteiger partial charge on any atom is -0.493 e. The highest BCUT2D eigenvalue weighted by Crippen LogP contribution is 2.62. The third-order valence-corrected chi connectivity index (χ3v) is 15.8. The zero-order valence-electron chi connectivity index (χ0n) is 21.6. The van der Waals surface area contributed by atoms with E-state index in [9.17, 15) is 43.2 Å². The van der Waals surface area contributed by atoms with Gasteiger partial charge in [-0.15, -0.1) is 0 Å². The van der Waals surface area contributed by atoms with Crippen molar-refractivity contribution in [2.45, 2.75) is 15.6 Å². The molecule has 0 aromatic heterocycles. The molecule has 0 N–H and O–H groups in total. The molecule has 0 atom stereocenters. The number of halogens is 6. The van der Waals surface area contributed by atoms with E-state index in [4.69, 9.17) is 14.2 Å². The molecule has 3 rings (SSSR count). The Kier molecular flexibility index (Phi) is 9.26. The Morgan fingerprint density at radius 3 is 1.10 bits per heavy atom. The van der Waals surface area contributed by atoms with Crippen molar-refractivity contribution in [1.29, 1.82) is 0 Å². The number of rotatable bonds is 10. The van der Waals surface area contributed by atoms with Gasteiger partial charge in [-0.2, -0.15) is 26.3 Å². The van der Waals surface area contributed by atoms with E-state index in [1.165, 1.54) is 94.1 Å². The summed E-state index contributed by atoms with van der Waals surface area (Å²) >= 11 is 0. The molecule has 0 radical (unpaired) electrons. The quantitative estimate of drug-likeness (QED) is 0.241. The van der Waals surface area contributed by atoms with E-state index >= 15 is 0 Å². The molecule has 0 amide bonds. The van der Waals surface area contributed by atoms with Gasteiger partial charge in [0.1, 0.15) is 29.3 Å². The third kappa shape index (κ3) is 5.71. The van der Waals surface area contributed by atoms with Crippen molar-refractivity contribution in [2.75, 3.05) is 27.5 Å². The molecular formula is C25H24F6O7PS2+. The van der Waals surface area contributed by atoms with Crippen LogP contribution in [0.2, 0.25) is 0 Å². The maximum Gasteiger partial charge on any atom is 0.498 e. The highest BCUT2D eigenvalue weighted by molar-refractivity contribution is 8.11. The van der Waals surface area contributed by atoms with Crippen LogP contribution in [0.5, 0.6) is 17.2 Å². The van der Waals surface area contributed by atoms with Crippen molar-refractivity contribution >= 4 is 42.9 Å². The minimum absolute atomic E-state index is 0.0451. The Morgan fingerprint density at radius 2 is 0.854 bits per heavy atom. The molecule has 0 aliphatic carbocycles. The molecule has 0 saturated heterocycles. The molecular weight excluding hydrogens is 621 g/mol. The number of sulfone groups is 2. The molecule has 0 unspecified atom stereocenters. The van der Waals surface area contributed by atoms with Crippen molar-refractivity contribution < 1.29 is 57.4 Å². The van der Waals surface area contributed by atoms with Crippen LogP contribution >= 0.6 is 7.26 Å². The Morgan fingerprint density at radius 1 is 0.585 bits per heavy atom. The van der Waals surface area contributed by atoms with Crippen LogP contribution in [0, 0.1) is 0 Å². The monoisotopic (exact) mass is 645 g/mol. The Hall–Kier alpha value is -3.03. The molecule has 0 saturated carbocycles. The topological polar surface area (TPSA) is 96.0 Å². The number of para-hydroxylation sites is 3. The van der Waals surface area contributed by atoms with Crippen LogP contribution in [-0.2, 0) is 19.7 Å². The lowest BCUT2D eigenvalue weighted by Crippen LogP contribution is -2.50. The standard InChI is InChI=1S/C25H24F6O7PS2/c1-36-17-10-4-7-13-20(17)39(21-14-8-5-11-18(21)37-2,22-15-9-6-12-19(22)38-3)16-23(40(32,33)24(26,27)28)41(34,35)25(29,30)31/h4-15,23H,16H2,1-3H3/q+1. The lowest BCUT2D eigenvalue weighted by atomic mass is 10.3. The minimum atomic E-state index is -7.00. The first-order valence-electron chi connectivity index (χ1n) is 11.4. The second-order valence-corrected chi connectivity index (χ2v) is 16.4. The van der Waals surface area contributed by atoms with Crippen LogP contribution in [0.3, 0.4) is 0 Å². The van der Waals surface area contributed by atoms with Gasteiger partial charge < -0.3 is 14.2 Å². The first kappa shape index (κ1) is 32.5. The summed E-state index contributed by atoms with van der Waals surface area (Å²) < 4.78 is 147. The zero-order valence-corrected chi connectivity index (χ0v) is 24.1. The van der Waals surface area contributed by atoms with Gasteiger partial charge in [0.15, 0.2) is 17.2 Å². The summed E-state index contributed by atoms with van der Waals surface area (Å²) in [6.45, 7) is 0. The smallest absolute Gasteiger partial charge is 0.493 e. The molecule has 16 heteroatoms. The summed E-state index contributed by atoms with van der Waals surface area (Å²) in [5.41, 5.74) is -12.7. The molecule has 0 fully saturated rings. The maximum absolute atomic E-state index is 13.9. The fourth-order valence-electron chi connectivity index (χ4n) is 4.40. The number of benzene rings is 3. The van der Waals surface area contributed by atoms with E-state index in [2.05, 4.69) is 0 Å². The van der Waals surface area contributed by atoms with Crippen LogP contribution < -0.4 is 30.1 Å². The number of methoxy groups -OCH3 is 3. The first-order valence-corrected chi connectivity index (χ1v) is 16.5. The highest BCUT2D eigenvalue weighted by Gasteiger charge is 2.68. The molecule has 3 aromatic carbocycles. The van der Waals surface area contributed by atoms with E-state index in [0.29, 0.717) is 0 Å². The summed E-state index contributed by atoms with van der Waals surface area (Å²) in [4.78, 5) is 0.